The van der Waals surface area contributed by atoms with Gasteiger partial charge in [0, 0.05) is 12.5 Å². The van der Waals surface area contributed by atoms with Gasteiger partial charge in [-0.1, -0.05) is 13.8 Å². The van der Waals surface area contributed by atoms with Gasteiger partial charge in [0.1, 0.15) is 0 Å². The maximum Gasteiger partial charge on any atom is 0.165 e. The van der Waals surface area contributed by atoms with Crippen LogP contribution in [0.5, 0.6) is 0 Å². The fourth-order valence-corrected chi connectivity index (χ4v) is 1.27. The molecular formula is C8H18O4. The molecule has 4 heteroatoms. The lowest BCUT2D eigenvalue weighted by Crippen LogP contribution is -2.47. The van der Waals surface area contributed by atoms with Crippen molar-refractivity contribution in [2.45, 2.75) is 26.6 Å². The van der Waals surface area contributed by atoms with E-state index in [2.05, 4.69) is 0 Å². The van der Waals surface area contributed by atoms with Crippen LogP contribution >= 0.6 is 0 Å². The topological polar surface area (TPSA) is 80.9 Å². The Hall–Kier alpha value is -0.160. The van der Waals surface area contributed by atoms with Crippen molar-refractivity contribution < 1.29 is 20.4 Å². The predicted molar refractivity (Wildman–Crippen MR) is 44.3 cm³/mol. The van der Waals surface area contributed by atoms with Crippen LogP contribution < -0.4 is 0 Å². The van der Waals surface area contributed by atoms with Gasteiger partial charge in [0.05, 0.1) is 6.61 Å². The van der Waals surface area contributed by atoms with Crippen molar-refractivity contribution in [1.29, 1.82) is 0 Å². The fourth-order valence-electron chi connectivity index (χ4n) is 1.27. The van der Waals surface area contributed by atoms with Crippen molar-refractivity contribution in [3.63, 3.8) is 0 Å². The molecule has 0 fully saturated rings. The molecule has 0 aliphatic heterocycles. The van der Waals surface area contributed by atoms with Crippen molar-refractivity contribution >= 4 is 0 Å². The first-order valence-electron chi connectivity index (χ1n) is 3.92. The highest BCUT2D eigenvalue weighted by molar-refractivity contribution is 4.84. The van der Waals surface area contributed by atoms with Crippen LogP contribution in [0.1, 0.15) is 20.8 Å². The Bertz CT molecular complexity index is 136. The van der Waals surface area contributed by atoms with E-state index in [0.717, 1.165) is 0 Å². The molecule has 0 aromatic rings. The minimum Gasteiger partial charge on any atom is -0.396 e. The summed E-state index contributed by atoms with van der Waals surface area (Å²) in [5.74, 6) is -2.71. The number of aliphatic hydroxyl groups is 4. The second-order valence-electron chi connectivity index (χ2n) is 3.98. The van der Waals surface area contributed by atoms with Gasteiger partial charge in [-0.2, -0.15) is 0 Å². The Morgan fingerprint density at radius 1 is 1.08 bits per heavy atom. The normalized spacial score (nSPS) is 16.2. The zero-order chi connectivity index (χ0) is 9.99. The Kier molecular flexibility index (Phi) is 3.65. The summed E-state index contributed by atoms with van der Waals surface area (Å²) in [6.07, 6.45) is 0. The highest BCUT2D eigenvalue weighted by Gasteiger charge is 2.40. The van der Waals surface area contributed by atoms with Gasteiger partial charge in [0.15, 0.2) is 5.79 Å². The molecule has 0 amide bonds. The maximum atomic E-state index is 9.23. The van der Waals surface area contributed by atoms with E-state index in [1.165, 1.54) is 6.92 Å². The summed E-state index contributed by atoms with van der Waals surface area (Å²) in [7, 11) is 0. The standard InChI is InChI=1S/C8H18O4/c1-7(2,5-10)6(4-9)8(3,11)12/h6,9-12H,4-5H2,1-3H3. The summed E-state index contributed by atoms with van der Waals surface area (Å²) >= 11 is 0. The van der Waals surface area contributed by atoms with Crippen LogP contribution in [-0.4, -0.2) is 39.4 Å². The second-order valence-corrected chi connectivity index (χ2v) is 3.98. The van der Waals surface area contributed by atoms with E-state index in [-0.39, 0.29) is 13.2 Å². The van der Waals surface area contributed by atoms with Gasteiger partial charge < -0.3 is 20.4 Å². The van der Waals surface area contributed by atoms with Crippen LogP contribution in [0.15, 0.2) is 0 Å². The molecule has 74 valence electrons. The lowest BCUT2D eigenvalue weighted by atomic mass is 9.75. The predicted octanol–water partition coefficient (Wildman–Crippen LogP) is -0.686. The first kappa shape index (κ1) is 11.8. The summed E-state index contributed by atoms with van der Waals surface area (Å²) in [6, 6.07) is 0. The van der Waals surface area contributed by atoms with Crippen LogP contribution in [0.2, 0.25) is 0 Å². The smallest absolute Gasteiger partial charge is 0.165 e. The van der Waals surface area contributed by atoms with E-state index in [4.69, 9.17) is 10.2 Å². The molecule has 0 bridgehead atoms. The quantitative estimate of drug-likeness (QED) is 0.430. The van der Waals surface area contributed by atoms with E-state index in [0.29, 0.717) is 0 Å². The summed E-state index contributed by atoms with van der Waals surface area (Å²) in [5, 5.41) is 36.3. The Morgan fingerprint density at radius 2 is 1.50 bits per heavy atom. The van der Waals surface area contributed by atoms with Crippen LogP contribution in [0.4, 0.5) is 0 Å². The number of aliphatic hydroxyl groups excluding tert-OH is 2. The second kappa shape index (κ2) is 3.70. The van der Waals surface area contributed by atoms with Crippen LogP contribution in [0.3, 0.4) is 0 Å². The number of hydrogen-bond acceptors (Lipinski definition) is 4. The highest BCUT2D eigenvalue weighted by atomic mass is 16.5. The van der Waals surface area contributed by atoms with Gasteiger partial charge in [0.2, 0.25) is 0 Å². The van der Waals surface area contributed by atoms with Gasteiger partial charge in [-0.05, 0) is 12.3 Å². The average molecular weight is 178 g/mol. The molecular weight excluding hydrogens is 160 g/mol. The molecule has 0 saturated heterocycles. The van der Waals surface area contributed by atoms with E-state index < -0.39 is 17.1 Å². The largest absolute Gasteiger partial charge is 0.396 e. The van der Waals surface area contributed by atoms with Gasteiger partial charge in [-0.25, -0.2) is 0 Å². The molecule has 0 radical (unpaired) electrons. The molecule has 4 nitrogen and oxygen atoms in total. The van der Waals surface area contributed by atoms with Crippen molar-refractivity contribution in [3.8, 4) is 0 Å². The molecule has 4 N–H and O–H groups in total. The van der Waals surface area contributed by atoms with Crippen molar-refractivity contribution in [2.24, 2.45) is 11.3 Å². The average Bonchev–Trinajstić information content (AvgIpc) is 1.85. The van der Waals surface area contributed by atoms with Crippen LogP contribution in [-0.2, 0) is 0 Å². The zero-order valence-electron chi connectivity index (χ0n) is 7.78. The van der Waals surface area contributed by atoms with E-state index >= 15 is 0 Å². The monoisotopic (exact) mass is 178 g/mol. The van der Waals surface area contributed by atoms with Gasteiger partial charge >= 0.3 is 0 Å². The fraction of sp³-hybridized carbons (Fsp3) is 1.00. The molecule has 0 aromatic carbocycles. The molecule has 1 atom stereocenters. The van der Waals surface area contributed by atoms with Crippen molar-refractivity contribution in [1.82, 2.24) is 0 Å². The van der Waals surface area contributed by atoms with E-state index in [1.807, 2.05) is 0 Å². The molecule has 0 aromatic heterocycles. The lowest BCUT2D eigenvalue weighted by Gasteiger charge is -2.37. The van der Waals surface area contributed by atoms with Crippen LogP contribution in [0.25, 0.3) is 0 Å². The third kappa shape index (κ3) is 2.71. The summed E-state index contributed by atoms with van der Waals surface area (Å²) < 4.78 is 0. The Labute approximate surface area is 72.5 Å². The van der Waals surface area contributed by atoms with E-state index in [1.54, 1.807) is 13.8 Å². The third-order valence-corrected chi connectivity index (χ3v) is 2.19. The molecule has 0 heterocycles. The SMILES string of the molecule is CC(O)(O)C(CO)C(C)(C)CO. The molecule has 0 saturated carbocycles. The molecule has 0 rings (SSSR count). The number of hydrogen-bond donors (Lipinski definition) is 4. The first-order valence-corrected chi connectivity index (χ1v) is 3.92. The summed E-state index contributed by atoms with van der Waals surface area (Å²) in [5.41, 5.74) is -0.701. The summed E-state index contributed by atoms with van der Waals surface area (Å²) in [6.45, 7) is 3.97. The van der Waals surface area contributed by atoms with Gasteiger partial charge in [-0.15, -0.1) is 0 Å². The van der Waals surface area contributed by atoms with E-state index in [9.17, 15) is 10.2 Å². The zero-order valence-corrected chi connectivity index (χ0v) is 7.78. The highest BCUT2D eigenvalue weighted by Crippen LogP contribution is 2.32. The third-order valence-electron chi connectivity index (χ3n) is 2.19. The lowest BCUT2D eigenvalue weighted by molar-refractivity contribution is -0.223. The minimum absolute atomic E-state index is 0.199. The molecule has 0 spiro atoms. The first-order chi connectivity index (χ1) is 5.25. The van der Waals surface area contributed by atoms with Crippen molar-refractivity contribution in [3.05, 3.63) is 0 Å². The minimum atomic E-state index is -1.96. The summed E-state index contributed by atoms with van der Waals surface area (Å²) in [4.78, 5) is 0. The van der Waals surface area contributed by atoms with Crippen molar-refractivity contribution in [2.75, 3.05) is 13.2 Å². The van der Waals surface area contributed by atoms with Gasteiger partial charge in [-0.3, -0.25) is 0 Å². The molecule has 12 heavy (non-hydrogen) atoms. The molecule has 1 unspecified atom stereocenters. The van der Waals surface area contributed by atoms with Gasteiger partial charge in [0.25, 0.3) is 0 Å². The van der Waals surface area contributed by atoms with Crippen LogP contribution in [0, 0.1) is 11.3 Å². The molecule has 0 aliphatic carbocycles. The number of rotatable bonds is 4. The molecule has 0 aliphatic rings. The Morgan fingerprint density at radius 3 is 1.58 bits per heavy atom. The Balaban J connectivity index is 4.56. The maximum absolute atomic E-state index is 9.23.